The van der Waals surface area contributed by atoms with Crippen molar-refractivity contribution in [2.75, 3.05) is 13.2 Å². The monoisotopic (exact) mass is 1080 g/mol. The summed E-state index contributed by atoms with van der Waals surface area (Å²) in [4.78, 5) is 51.2. The van der Waals surface area contributed by atoms with Crippen LogP contribution in [0, 0.1) is 0 Å². The van der Waals surface area contributed by atoms with Crippen LogP contribution in [0.15, 0.2) is 60.8 Å². The molecule has 0 aliphatic carbocycles. The Kier molecular flexibility index (Phi) is 49.2. The molecule has 77 heavy (non-hydrogen) atoms. The quantitative estimate of drug-likeness (QED) is 0.0228. The number of aliphatic carboxylic acids is 1. The summed E-state index contributed by atoms with van der Waals surface area (Å²) in [6.45, 7) is 5.88. The van der Waals surface area contributed by atoms with Crippen molar-refractivity contribution >= 4 is 23.9 Å². The summed E-state index contributed by atoms with van der Waals surface area (Å²) in [7, 11) is 0. The zero-order valence-electron chi connectivity index (χ0n) is 49.0. The number of aliphatic hydroxyl groups excluding tert-OH is 2. The molecule has 12 nitrogen and oxygen atoms in total. The van der Waals surface area contributed by atoms with Crippen LogP contribution < -0.4 is 0 Å². The Hall–Kier alpha value is -3.58. The van der Waals surface area contributed by atoms with Gasteiger partial charge in [-0.3, -0.25) is 14.4 Å². The molecule has 0 bridgehead atoms. The molecular weight excluding hydrogens is 973 g/mol. The fraction of sp³-hybridized carbons (Fsp3) is 0.785. The molecule has 3 N–H and O–H groups in total. The van der Waals surface area contributed by atoms with Crippen LogP contribution in [0.3, 0.4) is 0 Å². The van der Waals surface area contributed by atoms with Crippen LogP contribution in [0.5, 0.6) is 0 Å². The van der Waals surface area contributed by atoms with E-state index in [2.05, 4.69) is 81.5 Å². The van der Waals surface area contributed by atoms with E-state index in [1.165, 1.54) is 103 Å². The number of hydrogen-bond donors (Lipinski definition) is 3. The summed E-state index contributed by atoms with van der Waals surface area (Å²) in [6.07, 6.45) is 53.2. The molecule has 1 aliphatic heterocycles. The first-order valence-corrected chi connectivity index (χ1v) is 31.3. The van der Waals surface area contributed by atoms with Gasteiger partial charge in [-0.15, -0.1) is 0 Å². The van der Waals surface area contributed by atoms with Crippen molar-refractivity contribution in [2.45, 2.75) is 314 Å². The van der Waals surface area contributed by atoms with E-state index in [1.807, 2.05) is 0 Å². The molecule has 0 amide bonds. The standard InChI is InChI=1S/C65H112O12/c1-4-7-10-13-16-19-22-25-28-29-32-33-36-39-42-45-48-51-57(66)73-54-56(75-58(67)52-49-46-43-40-37-34-30-26-23-20-17-14-11-8-5-2)55-74-65-63(61(70)60(69)62(77-65)64(71)72)76-59(68)53-50-47-44-41-38-35-31-27-24-21-18-15-12-9-6-3/h9,12,18,21,25-28,30-31,56,60-63,65,69-70H,4-8,10-11,13-17,19-20,22-24,29,32-55H2,1-3H3,(H,71,72)/b12-9-,21-18-,28-25-,30-26-,31-27-. The lowest BCUT2D eigenvalue weighted by molar-refractivity contribution is -0.301. The first kappa shape index (κ1) is 71.4. The fourth-order valence-electron chi connectivity index (χ4n) is 9.25. The first-order valence-electron chi connectivity index (χ1n) is 31.3. The lowest BCUT2D eigenvalue weighted by Gasteiger charge is -2.40. The zero-order valence-corrected chi connectivity index (χ0v) is 49.0. The van der Waals surface area contributed by atoms with Crippen molar-refractivity contribution in [2.24, 2.45) is 0 Å². The highest BCUT2D eigenvalue weighted by Gasteiger charge is 2.50. The van der Waals surface area contributed by atoms with Crippen LogP contribution in [0.4, 0.5) is 0 Å². The minimum atomic E-state index is -1.91. The maximum atomic E-state index is 13.2. The molecule has 444 valence electrons. The van der Waals surface area contributed by atoms with E-state index >= 15 is 0 Å². The molecule has 12 heteroatoms. The van der Waals surface area contributed by atoms with Crippen molar-refractivity contribution in [3.63, 3.8) is 0 Å². The number of aliphatic hydroxyl groups is 2. The maximum absolute atomic E-state index is 13.2. The van der Waals surface area contributed by atoms with Gasteiger partial charge >= 0.3 is 23.9 Å². The molecule has 6 atom stereocenters. The third-order valence-corrected chi connectivity index (χ3v) is 14.0. The predicted octanol–water partition coefficient (Wildman–Crippen LogP) is 16.3. The Labute approximate surface area is 468 Å². The van der Waals surface area contributed by atoms with Gasteiger partial charge in [0, 0.05) is 19.3 Å². The largest absolute Gasteiger partial charge is 0.479 e. The van der Waals surface area contributed by atoms with Gasteiger partial charge in [0.2, 0.25) is 0 Å². The summed E-state index contributed by atoms with van der Waals surface area (Å²) >= 11 is 0. The lowest BCUT2D eigenvalue weighted by Crippen LogP contribution is -2.61. The van der Waals surface area contributed by atoms with E-state index in [-0.39, 0.29) is 25.9 Å². The molecule has 0 aromatic rings. The highest BCUT2D eigenvalue weighted by Crippen LogP contribution is 2.26. The second-order valence-electron chi connectivity index (χ2n) is 21.3. The summed E-state index contributed by atoms with van der Waals surface area (Å²) in [5, 5.41) is 31.5. The zero-order chi connectivity index (χ0) is 56.1. The number of carbonyl (C=O) groups excluding carboxylic acids is 3. The highest BCUT2D eigenvalue weighted by molar-refractivity contribution is 5.74. The maximum Gasteiger partial charge on any atom is 0.335 e. The molecule has 1 aliphatic rings. The molecular formula is C65H112O12. The van der Waals surface area contributed by atoms with E-state index in [4.69, 9.17) is 23.7 Å². The van der Waals surface area contributed by atoms with Crippen molar-refractivity contribution in [1.29, 1.82) is 0 Å². The number of carboxylic acids is 1. The average molecular weight is 1090 g/mol. The number of hydrogen-bond acceptors (Lipinski definition) is 11. The van der Waals surface area contributed by atoms with E-state index in [1.54, 1.807) is 0 Å². The van der Waals surface area contributed by atoms with Gasteiger partial charge in [0.1, 0.15) is 18.8 Å². The van der Waals surface area contributed by atoms with Crippen LogP contribution in [0.2, 0.25) is 0 Å². The summed E-state index contributed by atoms with van der Waals surface area (Å²) in [6, 6.07) is 0. The van der Waals surface area contributed by atoms with E-state index < -0.39 is 67.3 Å². The number of ether oxygens (including phenoxy) is 5. The second kappa shape index (κ2) is 53.1. The predicted molar refractivity (Wildman–Crippen MR) is 312 cm³/mol. The average Bonchev–Trinajstić information content (AvgIpc) is 3.43. The number of carboxylic acid groups (broad SMARTS) is 1. The number of unbranched alkanes of at least 4 members (excludes halogenated alkanes) is 29. The summed E-state index contributed by atoms with van der Waals surface area (Å²) in [5.41, 5.74) is 0. The van der Waals surface area contributed by atoms with Gasteiger partial charge in [-0.2, -0.15) is 0 Å². The molecule has 1 heterocycles. The topological polar surface area (TPSA) is 175 Å². The first-order chi connectivity index (χ1) is 37.6. The Morgan fingerprint density at radius 3 is 1.26 bits per heavy atom. The van der Waals surface area contributed by atoms with Gasteiger partial charge < -0.3 is 39.0 Å². The number of rotatable bonds is 53. The van der Waals surface area contributed by atoms with Crippen LogP contribution in [0.25, 0.3) is 0 Å². The minimum absolute atomic E-state index is 0.0396. The number of allylic oxidation sites excluding steroid dienone is 10. The summed E-state index contributed by atoms with van der Waals surface area (Å²) in [5.74, 6) is -3.14. The van der Waals surface area contributed by atoms with Gasteiger partial charge in [-0.25, -0.2) is 4.79 Å². The Balaban J connectivity index is 2.69. The molecule has 0 radical (unpaired) electrons. The Morgan fingerprint density at radius 1 is 0.442 bits per heavy atom. The van der Waals surface area contributed by atoms with Crippen molar-refractivity contribution < 1.29 is 58.2 Å². The van der Waals surface area contributed by atoms with Crippen LogP contribution in [0.1, 0.15) is 278 Å². The normalized spacial score (nSPS) is 18.4. The van der Waals surface area contributed by atoms with Gasteiger partial charge in [0.15, 0.2) is 24.6 Å². The van der Waals surface area contributed by atoms with E-state index in [9.17, 15) is 34.5 Å². The number of esters is 3. The third-order valence-electron chi connectivity index (χ3n) is 14.0. The van der Waals surface area contributed by atoms with Crippen molar-refractivity contribution in [3.8, 4) is 0 Å². The Bertz CT molecular complexity index is 1570. The van der Waals surface area contributed by atoms with Gasteiger partial charge in [0.25, 0.3) is 0 Å². The molecule has 0 aromatic heterocycles. The van der Waals surface area contributed by atoms with Crippen LogP contribution in [-0.4, -0.2) is 89.2 Å². The smallest absolute Gasteiger partial charge is 0.335 e. The molecule has 1 fully saturated rings. The summed E-state index contributed by atoms with van der Waals surface area (Å²) < 4.78 is 28.5. The lowest BCUT2D eigenvalue weighted by atomic mass is 9.98. The van der Waals surface area contributed by atoms with Gasteiger partial charge in [-0.1, -0.05) is 216 Å². The molecule has 1 saturated heterocycles. The van der Waals surface area contributed by atoms with Gasteiger partial charge in [-0.05, 0) is 103 Å². The SMILES string of the molecule is CC/C=C\C/C=C\C/C=C\CCCCCCCC(=O)OC1C(OCC(COC(=O)CCCCCCCCC/C=C\CCCCCCCC)OC(=O)CCCCCCC/C=C\CCCCCCCC)OC(C(=O)O)C(O)C1O. The van der Waals surface area contributed by atoms with Gasteiger partial charge in [0.05, 0.1) is 6.61 Å². The molecule has 0 saturated carbocycles. The van der Waals surface area contributed by atoms with Crippen LogP contribution >= 0.6 is 0 Å². The molecule has 0 aromatic carbocycles. The fourth-order valence-corrected chi connectivity index (χ4v) is 9.25. The van der Waals surface area contributed by atoms with Crippen LogP contribution in [-0.2, 0) is 42.9 Å². The Morgan fingerprint density at radius 2 is 0.818 bits per heavy atom. The third kappa shape index (κ3) is 43.0. The van der Waals surface area contributed by atoms with Crippen molar-refractivity contribution in [3.05, 3.63) is 60.8 Å². The van der Waals surface area contributed by atoms with E-state index in [0.29, 0.717) is 19.3 Å². The number of carbonyl (C=O) groups is 4. The second-order valence-corrected chi connectivity index (χ2v) is 21.3. The molecule has 6 unspecified atom stereocenters. The van der Waals surface area contributed by atoms with E-state index in [0.717, 1.165) is 116 Å². The highest BCUT2D eigenvalue weighted by atomic mass is 16.7. The minimum Gasteiger partial charge on any atom is -0.479 e. The molecule has 1 rings (SSSR count). The molecule has 0 spiro atoms. The van der Waals surface area contributed by atoms with Crippen molar-refractivity contribution in [1.82, 2.24) is 0 Å².